The second-order valence-corrected chi connectivity index (χ2v) is 8.83. The molecular formula is C24H29BrClN2+. The summed E-state index contributed by atoms with van der Waals surface area (Å²) in [6, 6.07) is 12.9. The van der Waals surface area contributed by atoms with E-state index in [0.29, 0.717) is 0 Å². The van der Waals surface area contributed by atoms with Crippen LogP contribution in [-0.4, -0.2) is 30.4 Å². The Morgan fingerprint density at radius 2 is 1.79 bits per heavy atom. The SMILES string of the molecule is CCN(CC)c1ccc(/C=C/C2=[N+](C)c3ccc(Br)cc3C2(C)CC)c(Cl)c1. The second-order valence-electron chi connectivity index (χ2n) is 7.50. The fourth-order valence-electron chi connectivity index (χ4n) is 4.15. The Hall–Kier alpha value is -1.58. The smallest absolute Gasteiger partial charge is 0.209 e. The molecule has 2 nitrogen and oxygen atoms in total. The minimum absolute atomic E-state index is 0.0159. The molecule has 3 rings (SSSR count). The molecule has 0 aromatic heterocycles. The number of hydrogen-bond acceptors (Lipinski definition) is 1. The summed E-state index contributed by atoms with van der Waals surface area (Å²) in [6.07, 6.45) is 5.42. The minimum Gasteiger partial charge on any atom is -0.372 e. The molecule has 0 amide bonds. The van der Waals surface area contributed by atoms with Crippen molar-refractivity contribution in [3.8, 4) is 0 Å². The molecule has 28 heavy (non-hydrogen) atoms. The van der Waals surface area contributed by atoms with Crippen LogP contribution in [0.2, 0.25) is 5.02 Å². The van der Waals surface area contributed by atoms with Crippen molar-refractivity contribution in [2.24, 2.45) is 0 Å². The van der Waals surface area contributed by atoms with Crippen molar-refractivity contribution in [1.82, 2.24) is 0 Å². The molecule has 0 aliphatic carbocycles. The van der Waals surface area contributed by atoms with Gasteiger partial charge in [-0.25, -0.2) is 0 Å². The Kier molecular flexibility index (Phi) is 6.36. The number of hydrogen-bond donors (Lipinski definition) is 0. The van der Waals surface area contributed by atoms with Gasteiger partial charge in [0, 0.05) is 46.0 Å². The second kappa shape index (κ2) is 8.42. The number of halogens is 2. The normalized spacial score (nSPS) is 18.8. The van der Waals surface area contributed by atoms with E-state index in [1.807, 2.05) is 0 Å². The van der Waals surface area contributed by atoms with E-state index in [1.54, 1.807) is 0 Å². The Morgan fingerprint density at radius 1 is 1.07 bits per heavy atom. The van der Waals surface area contributed by atoms with Crippen LogP contribution in [-0.2, 0) is 5.41 Å². The zero-order valence-electron chi connectivity index (χ0n) is 17.4. The molecular weight excluding hydrogens is 432 g/mol. The van der Waals surface area contributed by atoms with Crippen molar-refractivity contribution in [1.29, 1.82) is 0 Å². The van der Waals surface area contributed by atoms with Gasteiger partial charge in [0.2, 0.25) is 5.69 Å². The number of benzene rings is 2. The molecule has 0 saturated carbocycles. The first-order valence-electron chi connectivity index (χ1n) is 9.99. The number of rotatable bonds is 6. The van der Waals surface area contributed by atoms with Gasteiger partial charge in [0.25, 0.3) is 0 Å². The topological polar surface area (TPSA) is 6.25 Å². The molecule has 2 aromatic carbocycles. The van der Waals surface area contributed by atoms with Gasteiger partial charge in [-0.2, -0.15) is 4.58 Å². The molecule has 1 aliphatic heterocycles. The minimum atomic E-state index is -0.0159. The van der Waals surface area contributed by atoms with Crippen LogP contribution in [0.1, 0.15) is 45.2 Å². The zero-order chi connectivity index (χ0) is 20.5. The first-order chi connectivity index (χ1) is 13.3. The maximum Gasteiger partial charge on any atom is 0.209 e. The lowest BCUT2D eigenvalue weighted by Gasteiger charge is -2.21. The monoisotopic (exact) mass is 459 g/mol. The van der Waals surface area contributed by atoms with E-state index in [-0.39, 0.29) is 5.41 Å². The molecule has 0 N–H and O–H groups in total. The summed E-state index contributed by atoms with van der Waals surface area (Å²) in [4.78, 5) is 2.31. The molecule has 4 heteroatoms. The summed E-state index contributed by atoms with van der Waals surface area (Å²) in [5.41, 5.74) is 6.15. The van der Waals surface area contributed by atoms with Gasteiger partial charge in [-0.1, -0.05) is 40.5 Å². The molecule has 2 aromatic rings. The van der Waals surface area contributed by atoms with Crippen LogP contribution < -0.4 is 4.90 Å². The van der Waals surface area contributed by atoms with E-state index in [0.717, 1.165) is 34.6 Å². The predicted octanol–water partition coefficient (Wildman–Crippen LogP) is 7.06. The standard InChI is InChI=1S/C24H29BrClN2/c1-6-24(4)20-15-18(25)11-13-22(20)27(5)23(24)14-10-17-9-12-19(16-21(17)26)28(7-2)8-3/h9-16H,6-8H2,1-5H3/q+1. The van der Waals surface area contributed by atoms with Crippen LogP contribution in [0.3, 0.4) is 0 Å². The summed E-state index contributed by atoms with van der Waals surface area (Å²) < 4.78 is 3.43. The van der Waals surface area contributed by atoms with Crippen LogP contribution in [0.5, 0.6) is 0 Å². The first kappa shape index (κ1) is 21.1. The maximum absolute atomic E-state index is 6.62. The van der Waals surface area contributed by atoms with E-state index in [1.165, 1.54) is 22.6 Å². The molecule has 0 radical (unpaired) electrons. The average molecular weight is 461 g/mol. The van der Waals surface area contributed by atoms with Crippen LogP contribution in [0.15, 0.2) is 46.9 Å². The number of anilines is 1. The summed E-state index contributed by atoms with van der Waals surface area (Å²) in [5.74, 6) is 0. The van der Waals surface area contributed by atoms with Crippen LogP contribution >= 0.6 is 27.5 Å². The van der Waals surface area contributed by atoms with Gasteiger partial charge in [0.05, 0.1) is 5.41 Å². The Balaban J connectivity index is 1.97. The van der Waals surface area contributed by atoms with E-state index < -0.39 is 0 Å². The third-order valence-corrected chi connectivity index (χ3v) is 6.90. The Bertz CT molecular complexity index is 944. The van der Waals surface area contributed by atoms with Crippen molar-refractivity contribution in [3.63, 3.8) is 0 Å². The van der Waals surface area contributed by atoms with Crippen molar-refractivity contribution < 1.29 is 4.58 Å². The van der Waals surface area contributed by atoms with Gasteiger partial charge in [0.15, 0.2) is 5.71 Å². The van der Waals surface area contributed by atoms with E-state index in [2.05, 4.69) is 109 Å². The zero-order valence-corrected chi connectivity index (χ0v) is 19.7. The van der Waals surface area contributed by atoms with Crippen LogP contribution in [0.25, 0.3) is 6.08 Å². The molecule has 1 aliphatic rings. The molecule has 0 saturated heterocycles. The van der Waals surface area contributed by atoms with Crippen molar-refractivity contribution >= 4 is 50.7 Å². The predicted molar refractivity (Wildman–Crippen MR) is 127 cm³/mol. The molecule has 1 heterocycles. The van der Waals surface area contributed by atoms with E-state index in [4.69, 9.17) is 11.6 Å². The highest BCUT2D eigenvalue weighted by molar-refractivity contribution is 9.10. The number of allylic oxidation sites excluding steroid dienone is 1. The molecule has 1 atom stereocenters. The average Bonchev–Trinajstić information content (AvgIpc) is 2.89. The summed E-state index contributed by atoms with van der Waals surface area (Å²) in [7, 11) is 2.15. The molecule has 0 bridgehead atoms. The van der Waals surface area contributed by atoms with E-state index >= 15 is 0 Å². The number of fused-ring (bicyclic) bond motifs is 1. The maximum atomic E-state index is 6.62. The van der Waals surface area contributed by atoms with Crippen molar-refractivity contribution in [3.05, 3.63) is 63.1 Å². The highest BCUT2D eigenvalue weighted by atomic mass is 79.9. The fourth-order valence-corrected chi connectivity index (χ4v) is 4.75. The Morgan fingerprint density at radius 3 is 2.39 bits per heavy atom. The van der Waals surface area contributed by atoms with Gasteiger partial charge in [0.1, 0.15) is 7.05 Å². The van der Waals surface area contributed by atoms with Gasteiger partial charge in [-0.15, -0.1) is 0 Å². The molecule has 0 fully saturated rings. The Labute approximate surface area is 182 Å². The van der Waals surface area contributed by atoms with Gasteiger partial charge in [-0.3, -0.25) is 0 Å². The summed E-state index contributed by atoms with van der Waals surface area (Å²) >= 11 is 10.3. The van der Waals surface area contributed by atoms with Crippen molar-refractivity contribution in [2.75, 3.05) is 25.0 Å². The highest BCUT2D eigenvalue weighted by Crippen LogP contribution is 2.43. The number of nitrogens with zero attached hydrogens (tertiary/aromatic N) is 2. The summed E-state index contributed by atoms with van der Waals surface area (Å²) in [6.45, 7) is 10.9. The summed E-state index contributed by atoms with van der Waals surface area (Å²) in [5, 5.41) is 0.792. The third-order valence-electron chi connectivity index (χ3n) is 6.08. The van der Waals surface area contributed by atoms with E-state index in [9.17, 15) is 0 Å². The molecule has 0 spiro atoms. The quantitative estimate of drug-likeness (QED) is 0.418. The van der Waals surface area contributed by atoms with Gasteiger partial charge >= 0.3 is 0 Å². The first-order valence-corrected chi connectivity index (χ1v) is 11.2. The molecule has 1 unspecified atom stereocenters. The largest absolute Gasteiger partial charge is 0.372 e. The molecule has 148 valence electrons. The van der Waals surface area contributed by atoms with Crippen LogP contribution in [0, 0.1) is 0 Å². The van der Waals surface area contributed by atoms with Crippen LogP contribution in [0.4, 0.5) is 11.4 Å². The lowest BCUT2D eigenvalue weighted by molar-refractivity contribution is -0.401. The lowest BCUT2D eigenvalue weighted by Crippen LogP contribution is -2.29. The third kappa shape index (κ3) is 3.67. The van der Waals surface area contributed by atoms with Crippen molar-refractivity contribution in [2.45, 2.75) is 39.5 Å². The van der Waals surface area contributed by atoms with Gasteiger partial charge in [-0.05, 0) is 63.1 Å². The lowest BCUT2D eigenvalue weighted by atomic mass is 9.77. The van der Waals surface area contributed by atoms with Gasteiger partial charge < -0.3 is 4.90 Å². The highest BCUT2D eigenvalue weighted by Gasteiger charge is 2.45. The fraction of sp³-hybridized carbons (Fsp3) is 0.375.